The fraction of sp³-hybridized carbons (Fsp3) is 0.100. The first-order valence-electron chi connectivity index (χ1n) is 5.11. The second-order valence-corrected chi connectivity index (χ2v) is 3.59. The Balaban J connectivity index is 2.29. The van der Waals surface area contributed by atoms with E-state index in [1.807, 2.05) is 0 Å². The monoisotopic (exact) mass is 282 g/mol. The highest BCUT2D eigenvalue weighted by atomic mass is 19.4. The van der Waals surface area contributed by atoms with Crippen LogP contribution < -0.4 is 0 Å². The van der Waals surface area contributed by atoms with Gasteiger partial charge in [0.2, 0.25) is 0 Å². The highest BCUT2D eigenvalue weighted by molar-refractivity contribution is 5.92. The molecule has 0 fully saturated rings. The maximum atomic E-state index is 12.4. The molecule has 2 rings (SSSR count). The molecule has 0 bridgehead atoms. The molecule has 10 heteroatoms. The van der Waals surface area contributed by atoms with Crippen molar-refractivity contribution in [3.63, 3.8) is 0 Å². The van der Waals surface area contributed by atoms with Crippen LogP contribution in [0.5, 0.6) is 0 Å². The standard InChI is InChI=1S/C10H5F3N6O/c11-10(12,13)6-1-3-7(4-2-6)19-5-8(15-18-19)9(20)16-17-14/h1-5H. The van der Waals surface area contributed by atoms with Crippen LogP contribution in [0, 0.1) is 0 Å². The van der Waals surface area contributed by atoms with Crippen molar-refractivity contribution in [2.24, 2.45) is 5.11 Å². The van der Waals surface area contributed by atoms with Gasteiger partial charge in [-0.25, -0.2) is 4.68 Å². The summed E-state index contributed by atoms with van der Waals surface area (Å²) in [6.45, 7) is 0. The van der Waals surface area contributed by atoms with E-state index in [0.717, 1.165) is 23.0 Å². The maximum Gasteiger partial charge on any atom is 0.416 e. The summed E-state index contributed by atoms with van der Waals surface area (Å²) in [7, 11) is 0. The molecule has 2 aromatic rings. The Kier molecular flexibility index (Phi) is 3.40. The minimum Gasteiger partial charge on any atom is -0.285 e. The van der Waals surface area contributed by atoms with E-state index in [2.05, 4.69) is 20.3 Å². The van der Waals surface area contributed by atoms with E-state index in [9.17, 15) is 18.0 Å². The summed E-state index contributed by atoms with van der Waals surface area (Å²) >= 11 is 0. The van der Waals surface area contributed by atoms with Crippen LogP contribution in [-0.2, 0) is 6.18 Å². The Morgan fingerprint density at radius 1 is 1.30 bits per heavy atom. The van der Waals surface area contributed by atoms with Gasteiger partial charge in [0.05, 0.1) is 17.4 Å². The molecule has 0 atom stereocenters. The summed E-state index contributed by atoms with van der Waals surface area (Å²) in [5.74, 6) is -0.925. The molecule has 0 saturated carbocycles. The molecule has 0 spiro atoms. The van der Waals surface area contributed by atoms with Crippen molar-refractivity contribution >= 4 is 5.91 Å². The number of aromatic nitrogens is 3. The number of alkyl halides is 3. The molecule has 0 aliphatic carbocycles. The first-order chi connectivity index (χ1) is 9.41. The lowest BCUT2D eigenvalue weighted by Gasteiger charge is -2.06. The molecule has 0 aliphatic rings. The second-order valence-electron chi connectivity index (χ2n) is 3.59. The largest absolute Gasteiger partial charge is 0.416 e. The van der Waals surface area contributed by atoms with Crippen LogP contribution in [0.2, 0.25) is 0 Å². The van der Waals surface area contributed by atoms with Gasteiger partial charge in [-0.1, -0.05) is 5.21 Å². The van der Waals surface area contributed by atoms with E-state index < -0.39 is 17.6 Å². The van der Waals surface area contributed by atoms with Crippen LogP contribution in [-0.4, -0.2) is 20.9 Å². The van der Waals surface area contributed by atoms with Crippen LogP contribution in [0.3, 0.4) is 0 Å². The first-order valence-corrected chi connectivity index (χ1v) is 5.11. The third kappa shape index (κ3) is 2.75. The van der Waals surface area contributed by atoms with E-state index in [4.69, 9.17) is 5.53 Å². The molecule has 0 saturated heterocycles. The molecule has 20 heavy (non-hydrogen) atoms. The number of benzene rings is 1. The zero-order chi connectivity index (χ0) is 14.8. The maximum absolute atomic E-state index is 12.4. The van der Waals surface area contributed by atoms with Gasteiger partial charge in [0.1, 0.15) is 0 Å². The van der Waals surface area contributed by atoms with Gasteiger partial charge in [-0.05, 0) is 34.9 Å². The summed E-state index contributed by atoms with van der Waals surface area (Å²) in [4.78, 5) is 13.5. The summed E-state index contributed by atoms with van der Waals surface area (Å²) in [5.41, 5.74) is 7.38. The van der Waals surface area contributed by atoms with Crippen LogP contribution in [0.25, 0.3) is 16.1 Å². The van der Waals surface area contributed by atoms with E-state index in [0.29, 0.717) is 0 Å². The van der Waals surface area contributed by atoms with Crippen molar-refractivity contribution in [1.29, 1.82) is 0 Å². The minimum absolute atomic E-state index is 0.206. The topological polar surface area (TPSA) is 96.5 Å². The number of halogens is 3. The number of carbonyl (C=O) groups is 1. The van der Waals surface area contributed by atoms with Crippen molar-refractivity contribution in [3.05, 3.63) is 52.2 Å². The summed E-state index contributed by atoms with van der Waals surface area (Å²) in [6.07, 6.45) is -3.27. The zero-order valence-electron chi connectivity index (χ0n) is 9.61. The number of hydrogen-bond acceptors (Lipinski definition) is 3. The van der Waals surface area contributed by atoms with Crippen LogP contribution in [0.4, 0.5) is 13.2 Å². The van der Waals surface area contributed by atoms with Gasteiger partial charge in [0, 0.05) is 4.91 Å². The lowest BCUT2D eigenvalue weighted by Crippen LogP contribution is -2.05. The van der Waals surface area contributed by atoms with Crippen molar-refractivity contribution in [3.8, 4) is 5.69 Å². The summed E-state index contributed by atoms with van der Waals surface area (Å²) < 4.78 is 38.3. The normalized spacial score (nSPS) is 10.9. The smallest absolute Gasteiger partial charge is 0.285 e. The Labute approximate surface area is 109 Å². The van der Waals surface area contributed by atoms with Gasteiger partial charge in [0.15, 0.2) is 5.69 Å². The molecule has 1 amide bonds. The molecule has 1 heterocycles. The summed E-state index contributed by atoms with van der Waals surface area (Å²) in [5, 5.41) is 9.85. The number of amides is 1. The van der Waals surface area contributed by atoms with Crippen molar-refractivity contribution < 1.29 is 18.0 Å². The molecular formula is C10H5F3N6O. The predicted octanol–water partition coefficient (Wildman–Crippen LogP) is 2.74. The van der Waals surface area contributed by atoms with Crippen molar-refractivity contribution in [2.45, 2.75) is 6.18 Å². The number of azide groups is 1. The molecule has 0 radical (unpaired) electrons. The predicted molar refractivity (Wildman–Crippen MR) is 59.8 cm³/mol. The zero-order valence-corrected chi connectivity index (χ0v) is 9.61. The van der Waals surface area contributed by atoms with Crippen LogP contribution >= 0.6 is 0 Å². The third-order valence-corrected chi connectivity index (χ3v) is 2.31. The molecule has 0 N–H and O–H groups in total. The lowest BCUT2D eigenvalue weighted by molar-refractivity contribution is -0.137. The SMILES string of the molecule is [N-]=[N+]=NC(=O)c1cn(-c2ccc(C(F)(F)F)cc2)nn1. The third-order valence-electron chi connectivity index (χ3n) is 2.31. The first kappa shape index (κ1) is 13.6. The molecule has 0 aliphatic heterocycles. The highest BCUT2D eigenvalue weighted by Gasteiger charge is 2.30. The molecule has 102 valence electrons. The number of carbonyl (C=O) groups excluding carboxylic acids is 1. The quantitative estimate of drug-likeness (QED) is 0.481. The lowest BCUT2D eigenvalue weighted by atomic mass is 10.2. The Morgan fingerprint density at radius 2 is 1.95 bits per heavy atom. The fourth-order valence-corrected chi connectivity index (χ4v) is 1.38. The summed E-state index contributed by atoms with van der Waals surface area (Å²) in [6, 6.07) is 4.12. The average molecular weight is 282 g/mol. The fourth-order valence-electron chi connectivity index (χ4n) is 1.38. The molecular weight excluding hydrogens is 277 g/mol. The van der Waals surface area contributed by atoms with Gasteiger partial charge in [-0.3, -0.25) is 4.79 Å². The van der Waals surface area contributed by atoms with Gasteiger partial charge >= 0.3 is 6.18 Å². The van der Waals surface area contributed by atoms with Gasteiger partial charge in [-0.15, -0.1) is 5.10 Å². The van der Waals surface area contributed by atoms with Gasteiger partial charge < -0.3 is 0 Å². The molecule has 1 aromatic heterocycles. The number of rotatable bonds is 2. The average Bonchev–Trinajstić information content (AvgIpc) is 2.88. The van der Waals surface area contributed by atoms with E-state index in [1.165, 1.54) is 12.1 Å². The van der Waals surface area contributed by atoms with Gasteiger partial charge in [0.25, 0.3) is 5.91 Å². The van der Waals surface area contributed by atoms with E-state index >= 15 is 0 Å². The minimum atomic E-state index is -4.43. The number of nitrogens with zero attached hydrogens (tertiary/aromatic N) is 6. The van der Waals surface area contributed by atoms with Crippen molar-refractivity contribution in [2.75, 3.05) is 0 Å². The second kappa shape index (κ2) is 5.02. The Bertz CT molecular complexity index is 684. The van der Waals surface area contributed by atoms with E-state index in [1.54, 1.807) is 0 Å². The van der Waals surface area contributed by atoms with Gasteiger partial charge in [-0.2, -0.15) is 13.2 Å². The Hall–Kier alpha value is -2.87. The highest BCUT2D eigenvalue weighted by Crippen LogP contribution is 2.29. The molecule has 0 unspecified atom stereocenters. The number of hydrogen-bond donors (Lipinski definition) is 0. The van der Waals surface area contributed by atoms with E-state index in [-0.39, 0.29) is 11.4 Å². The van der Waals surface area contributed by atoms with Crippen LogP contribution in [0.15, 0.2) is 35.6 Å². The molecule has 1 aromatic carbocycles. The van der Waals surface area contributed by atoms with Crippen molar-refractivity contribution in [1.82, 2.24) is 15.0 Å². The van der Waals surface area contributed by atoms with Crippen LogP contribution in [0.1, 0.15) is 16.1 Å². The Morgan fingerprint density at radius 3 is 2.50 bits per heavy atom. The molecule has 7 nitrogen and oxygen atoms in total.